The molecule has 1 N–H and O–H groups in total. The Bertz CT molecular complexity index is 414. The highest BCUT2D eigenvalue weighted by Gasteiger charge is 2.22. The second-order valence-electron chi connectivity index (χ2n) is 4.85. The topological polar surface area (TPSA) is 46.2 Å². The fourth-order valence-corrected chi connectivity index (χ4v) is 2.34. The molecule has 18 heavy (non-hydrogen) atoms. The lowest BCUT2D eigenvalue weighted by Crippen LogP contribution is -2.40. The Kier molecular flexibility index (Phi) is 4.51. The number of carbonyl (C=O) groups is 2. The predicted molar refractivity (Wildman–Crippen MR) is 70.2 cm³/mol. The number of nitrogens with one attached hydrogen (secondary N) is 1. The number of amides is 1. The number of ketones is 1. The molecule has 1 amide bonds. The van der Waals surface area contributed by atoms with Crippen LogP contribution in [0.15, 0.2) is 30.3 Å². The predicted octanol–water partition coefficient (Wildman–Crippen LogP) is 2.25. The van der Waals surface area contributed by atoms with Crippen molar-refractivity contribution in [1.29, 1.82) is 0 Å². The minimum absolute atomic E-state index is 0.0542. The zero-order valence-electron chi connectivity index (χ0n) is 10.5. The molecule has 2 rings (SSSR count). The van der Waals surface area contributed by atoms with Crippen LogP contribution in [-0.2, 0) is 16.0 Å². The summed E-state index contributed by atoms with van der Waals surface area (Å²) in [4.78, 5) is 23.7. The molecule has 1 aliphatic carbocycles. The summed E-state index contributed by atoms with van der Waals surface area (Å²) in [6.45, 7) is 0. The van der Waals surface area contributed by atoms with Crippen LogP contribution in [0.3, 0.4) is 0 Å². The number of benzene rings is 1. The van der Waals surface area contributed by atoms with Gasteiger partial charge >= 0.3 is 0 Å². The molecule has 0 spiro atoms. The fraction of sp³-hybridized carbons (Fsp3) is 0.467. The quantitative estimate of drug-likeness (QED) is 0.830. The summed E-state index contributed by atoms with van der Waals surface area (Å²) in [5.74, 6) is 0.135. The summed E-state index contributed by atoms with van der Waals surface area (Å²) < 4.78 is 0. The van der Waals surface area contributed by atoms with E-state index in [4.69, 9.17) is 0 Å². The van der Waals surface area contributed by atoms with Gasteiger partial charge in [-0.25, -0.2) is 0 Å². The van der Waals surface area contributed by atoms with Crippen LogP contribution >= 0.6 is 0 Å². The minimum Gasteiger partial charge on any atom is -0.346 e. The average Bonchev–Trinajstić information content (AvgIpc) is 2.56. The molecule has 0 radical (unpaired) electrons. The largest absolute Gasteiger partial charge is 0.346 e. The third kappa shape index (κ3) is 3.69. The standard InChI is InChI=1S/C15H19NO2/c17-14-10-6-2-5-9-13(14)16-15(18)11-12-7-3-1-4-8-12/h1,3-4,7-8,13H,2,5-6,9-11H2,(H,16,18). The molecule has 0 aromatic heterocycles. The first-order valence-electron chi connectivity index (χ1n) is 6.62. The van der Waals surface area contributed by atoms with Crippen LogP contribution in [0.2, 0.25) is 0 Å². The van der Waals surface area contributed by atoms with Gasteiger partial charge in [-0.1, -0.05) is 43.2 Å². The first-order chi connectivity index (χ1) is 8.75. The summed E-state index contributed by atoms with van der Waals surface area (Å²) in [6.07, 6.45) is 4.84. The highest BCUT2D eigenvalue weighted by molar-refractivity contribution is 5.89. The number of rotatable bonds is 3. The maximum atomic E-state index is 11.9. The second-order valence-corrected chi connectivity index (χ2v) is 4.85. The van der Waals surface area contributed by atoms with E-state index in [-0.39, 0.29) is 17.7 Å². The molecule has 0 saturated heterocycles. The van der Waals surface area contributed by atoms with Gasteiger partial charge in [0.2, 0.25) is 5.91 Å². The molecule has 3 heteroatoms. The number of carbonyl (C=O) groups excluding carboxylic acids is 2. The molecular formula is C15H19NO2. The Morgan fingerprint density at radius 3 is 2.72 bits per heavy atom. The average molecular weight is 245 g/mol. The van der Waals surface area contributed by atoms with Crippen LogP contribution in [0.25, 0.3) is 0 Å². The van der Waals surface area contributed by atoms with E-state index in [1.54, 1.807) is 0 Å². The van der Waals surface area contributed by atoms with E-state index >= 15 is 0 Å². The van der Waals surface area contributed by atoms with Crippen molar-refractivity contribution in [2.24, 2.45) is 0 Å². The van der Waals surface area contributed by atoms with Crippen molar-refractivity contribution in [2.45, 2.75) is 44.6 Å². The molecule has 1 aromatic rings. The summed E-state index contributed by atoms with van der Waals surface area (Å²) in [7, 11) is 0. The van der Waals surface area contributed by atoms with E-state index in [1.807, 2.05) is 30.3 Å². The van der Waals surface area contributed by atoms with E-state index in [1.165, 1.54) is 0 Å². The lowest BCUT2D eigenvalue weighted by Gasteiger charge is -2.15. The lowest BCUT2D eigenvalue weighted by atomic mass is 10.1. The van der Waals surface area contributed by atoms with Crippen molar-refractivity contribution in [3.05, 3.63) is 35.9 Å². The van der Waals surface area contributed by atoms with Crippen molar-refractivity contribution in [3.63, 3.8) is 0 Å². The molecule has 0 bridgehead atoms. The van der Waals surface area contributed by atoms with Gasteiger partial charge in [0.05, 0.1) is 12.5 Å². The van der Waals surface area contributed by atoms with Gasteiger partial charge < -0.3 is 5.32 Å². The van der Waals surface area contributed by atoms with Crippen LogP contribution in [0, 0.1) is 0 Å². The molecule has 3 nitrogen and oxygen atoms in total. The van der Waals surface area contributed by atoms with Gasteiger partial charge in [-0.2, -0.15) is 0 Å². The fourth-order valence-electron chi connectivity index (χ4n) is 2.34. The highest BCUT2D eigenvalue weighted by Crippen LogP contribution is 2.14. The number of hydrogen-bond donors (Lipinski definition) is 1. The molecular weight excluding hydrogens is 226 g/mol. The summed E-state index contributed by atoms with van der Waals surface area (Å²) >= 11 is 0. The van der Waals surface area contributed by atoms with E-state index in [2.05, 4.69) is 5.32 Å². The smallest absolute Gasteiger partial charge is 0.224 e. The van der Waals surface area contributed by atoms with Crippen molar-refractivity contribution in [2.75, 3.05) is 0 Å². The molecule has 1 saturated carbocycles. The monoisotopic (exact) mass is 245 g/mol. The molecule has 1 aliphatic rings. The molecule has 96 valence electrons. The Morgan fingerprint density at radius 1 is 1.17 bits per heavy atom. The van der Waals surface area contributed by atoms with Crippen molar-refractivity contribution >= 4 is 11.7 Å². The normalized spacial score (nSPS) is 20.2. The molecule has 0 aliphatic heterocycles. The molecule has 1 unspecified atom stereocenters. The summed E-state index contributed by atoms with van der Waals surface area (Å²) in [5, 5.41) is 2.87. The van der Waals surface area contributed by atoms with Crippen LogP contribution in [-0.4, -0.2) is 17.7 Å². The molecule has 1 fully saturated rings. The zero-order valence-corrected chi connectivity index (χ0v) is 10.5. The van der Waals surface area contributed by atoms with Crippen LogP contribution in [0.5, 0.6) is 0 Å². The van der Waals surface area contributed by atoms with E-state index in [0.717, 1.165) is 31.2 Å². The summed E-state index contributed by atoms with van der Waals surface area (Å²) in [5.41, 5.74) is 0.982. The molecule has 1 atom stereocenters. The maximum absolute atomic E-state index is 11.9. The van der Waals surface area contributed by atoms with Gasteiger partial charge in [-0.3, -0.25) is 9.59 Å². The second kappa shape index (κ2) is 6.34. The van der Waals surface area contributed by atoms with Crippen LogP contribution < -0.4 is 5.32 Å². The van der Waals surface area contributed by atoms with Gasteiger partial charge in [0, 0.05) is 6.42 Å². The Hall–Kier alpha value is -1.64. The van der Waals surface area contributed by atoms with Crippen LogP contribution in [0.4, 0.5) is 0 Å². The molecule has 1 aromatic carbocycles. The molecule has 0 heterocycles. The maximum Gasteiger partial charge on any atom is 0.224 e. The van der Waals surface area contributed by atoms with Gasteiger partial charge in [-0.15, -0.1) is 0 Å². The Balaban J connectivity index is 1.88. The number of hydrogen-bond acceptors (Lipinski definition) is 2. The van der Waals surface area contributed by atoms with Gasteiger partial charge in [0.25, 0.3) is 0 Å². The van der Waals surface area contributed by atoms with Crippen LogP contribution in [0.1, 0.15) is 37.7 Å². The van der Waals surface area contributed by atoms with Crippen molar-refractivity contribution < 1.29 is 9.59 Å². The lowest BCUT2D eigenvalue weighted by molar-refractivity contribution is -0.127. The van der Waals surface area contributed by atoms with E-state index in [9.17, 15) is 9.59 Å². The zero-order chi connectivity index (χ0) is 12.8. The van der Waals surface area contributed by atoms with Gasteiger partial charge in [0.1, 0.15) is 0 Å². The highest BCUT2D eigenvalue weighted by atomic mass is 16.2. The summed E-state index contributed by atoms with van der Waals surface area (Å²) in [6, 6.07) is 9.35. The first kappa shape index (κ1) is 12.8. The van der Waals surface area contributed by atoms with Gasteiger partial charge in [0.15, 0.2) is 5.78 Å². The SMILES string of the molecule is O=C(Cc1ccccc1)NC1CCCCCC1=O. The third-order valence-corrected chi connectivity index (χ3v) is 3.35. The first-order valence-corrected chi connectivity index (χ1v) is 6.62. The Labute approximate surface area is 108 Å². The van der Waals surface area contributed by atoms with Crippen molar-refractivity contribution in [3.8, 4) is 0 Å². The van der Waals surface area contributed by atoms with E-state index < -0.39 is 0 Å². The number of Topliss-reactive ketones (excluding diaryl/α,β-unsaturated/α-hetero) is 1. The van der Waals surface area contributed by atoms with Gasteiger partial charge in [-0.05, 0) is 18.4 Å². The third-order valence-electron chi connectivity index (χ3n) is 3.35. The Morgan fingerprint density at radius 2 is 1.94 bits per heavy atom. The van der Waals surface area contributed by atoms with E-state index in [0.29, 0.717) is 12.8 Å². The van der Waals surface area contributed by atoms with Crippen molar-refractivity contribution in [1.82, 2.24) is 5.32 Å². The minimum atomic E-state index is -0.260.